The van der Waals surface area contributed by atoms with Crippen LogP contribution in [0.4, 0.5) is 5.69 Å². The van der Waals surface area contributed by atoms with Crippen molar-refractivity contribution < 1.29 is 19.2 Å². The summed E-state index contributed by atoms with van der Waals surface area (Å²) in [6.07, 6.45) is 7.89. The molecule has 0 fully saturated rings. The quantitative estimate of drug-likeness (QED) is 0.146. The number of methoxy groups -OCH3 is 1. The Kier molecular flexibility index (Phi) is 7.96. The summed E-state index contributed by atoms with van der Waals surface area (Å²) in [7, 11) is 1.63. The molecule has 6 heteroatoms. The van der Waals surface area contributed by atoms with Crippen LogP contribution in [-0.4, -0.2) is 18.0 Å². The van der Waals surface area contributed by atoms with Crippen molar-refractivity contribution in [3.63, 3.8) is 0 Å². The molecule has 2 aromatic carbocycles. The number of allylic oxidation sites excluding steroid dienone is 3. The normalized spacial score (nSPS) is 11.4. The summed E-state index contributed by atoms with van der Waals surface area (Å²) < 4.78 is 10.3. The number of rotatable bonds is 9. The Balaban J connectivity index is 2.05. The Bertz CT molecular complexity index is 852. The van der Waals surface area contributed by atoms with Gasteiger partial charge in [0, 0.05) is 18.2 Å². The highest BCUT2D eigenvalue weighted by Crippen LogP contribution is 2.23. The highest BCUT2D eigenvalue weighted by molar-refractivity contribution is 5.85. The largest absolute Gasteiger partial charge is 0.497 e. The third kappa shape index (κ3) is 6.39. The lowest BCUT2D eigenvalue weighted by Crippen LogP contribution is -2.03. The molecule has 0 radical (unpaired) electrons. The van der Waals surface area contributed by atoms with Gasteiger partial charge in [-0.15, -0.1) is 0 Å². The number of unbranched alkanes of at least 4 members (excludes halogenated alkanes) is 1. The van der Waals surface area contributed by atoms with E-state index < -0.39 is 10.9 Å². The molecule has 0 saturated carbocycles. The van der Waals surface area contributed by atoms with Gasteiger partial charge in [-0.3, -0.25) is 10.1 Å². The van der Waals surface area contributed by atoms with Crippen molar-refractivity contribution in [2.24, 2.45) is 0 Å². The summed E-state index contributed by atoms with van der Waals surface area (Å²) in [4.78, 5) is 22.1. The zero-order chi connectivity index (χ0) is 20.4. The Morgan fingerprint density at radius 3 is 2.29 bits per heavy atom. The van der Waals surface area contributed by atoms with Crippen LogP contribution in [0.3, 0.4) is 0 Å². The number of hydrogen-bond donors (Lipinski definition) is 0. The third-order valence-electron chi connectivity index (χ3n) is 4.06. The lowest BCUT2D eigenvalue weighted by molar-refractivity contribution is -0.384. The average molecular weight is 381 g/mol. The first-order valence-electron chi connectivity index (χ1n) is 9.01. The maximum absolute atomic E-state index is 12.0. The van der Waals surface area contributed by atoms with Crippen LogP contribution in [0, 0.1) is 10.1 Å². The van der Waals surface area contributed by atoms with Crippen molar-refractivity contribution in [1.82, 2.24) is 0 Å². The van der Waals surface area contributed by atoms with Gasteiger partial charge in [-0.1, -0.05) is 37.6 Å². The summed E-state index contributed by atoms with van der Waals surface area (Å²) >= 11 is 0. The lowest BCUT2D eigenvalue weighted by Gasteiger charge is -2.08. The summed E-state index contributed by atoms with van der Waals surface area (Å²) in [5.41, 5.74) is 2.13. The maximum atomic E-state index is 12.0. The molecule has 2 aromatic rings. The number of benzene rings is 2. The monoisotopic (exact) mass is 381 g/mol. The van der Waals surface area contributed by atoms with E-state index in [9.17, 15) is 14.9 Å². The van der Waals surface area contributed by atoms with E-state index in [0.717, 1.165) is 36.1 Å². The Morgan fingerprint density at radius 2 is 1.71 bits per heavy atom. The number of nitro groups is 1. The summed E-state index contributed by atoms with van der Waals surface area (Å²) in [5.74, 6) is 0.501. The minimum absolute atomic E-state index is 0.0571. The second-order valence-electron chi connectivity index (χ2n) is 6.06. The van der Waals surface area contributed by atoms with E-state index in [1.165, 1.54) is 30.3 Å². The van der Waals surface area contributed by atoms with Crippen LogP contribution in [0.2, 0.25) is 0 Å². The summed E-state index contributed by atoms with van der Waals surface area (Å²) in [5, 5.41) is 10.6. The molecule has 0 aliphatic heterocycles. The van der Waals surface area contributed by atoms with E-state index in [0.29, 0.717) is 0 Å². The third-order valence-corrected chi connectivity index (χ3v) is 4.06. The van der Waals surface area contributed by atoms with E-state index in [4.69, 9.17) is 9.47 Å². The maximum Gasteiger partial charge on any atom is 0.336 e. The number of nitrogens with zero attached hydrogens (tertiary/aromatic N) is 1. The fourth-order valence-corrected chi connectivity index (χ4v) is 2.53. The molecule has 0 N–H and O–H groups in total. The Hall–Kier alpha value is -3.41. The molecule has 28 heavy (non-hydrogen) atoms. The van der Waals surface area contributed by atoms with Gasteiger partial charge in [-0.25, -0.2) is 4.79 Å². The first kappa shape index (κ1) is 20.9. The molecule has 0 aromatic heterocycles. The van der Waals surface area contributed by atoms with E-state index in [1.807, 2.05) is 30.3 Å². The molecule has 146 valence electrons. The lowest BCUT2D eigenvalue weighted by atomic mass is 9.99. The fraction of sp³-hybridized carbons (Fsp3) is 0.227. The number of carbonyl (C=O) groups is 1. The van der Waals surface area contributed by atoms with E-state index in [-0.39, 0.29) is 11.4 Å². The highest BCUT2D eigenvalue weighted by atomic mass is 16.6. The van der Waals surface area contributed by atoms with E-state index >= 15 is 0 Å². The van der Waals surface area contributed by atoms with Crippen LogP contribution in [0.15, 0.2) is 66.8 Å². The van der Waals surface area contributed by atoms with Crippen molar-refractivity contribution in [1.29, 1.82) is 0 Å². The second kappa shape index (κ2) is 10.7. The number of esters is 1. The molecule has 0 bridgehead atoms. The van der Waals surface area contributed by atoms with Gasteiger partial charge in [0.15, 0.2) is 0 Å². The van der Waals surface area contributed by atoms with Crippen LogP contribution in [0.1, 0.15) is 31.7 Å². The second-order valence-corrected chi connectivity index (χ2v) is 6.06. The molecule has 0 unspecified atom stereocenters. The van der Waals surface area contributed by atoms with E-state index in [2.05, 4.69) is 6.92 Å². The number of carbonyl (C=O) groups excluding carboxylic acids is 1. The SMILES string of the molecule is CCCC/C(=C\C=C\C(=O)Oc1ccc([N+](=O)[O-])cc1)c1ccc(OC)cc1. The minimum Gasteiger partial charge on any atom is -0.497 e. The van der Waals surface area contributed by atoms with Gasteiger partial charge in [0.1, 0.15) is 11.5 Å². The topological polar surface area (TPSA) is 78.7 Å². The number of hydrogen-bond acceptors (Lipinski definition) is 5. The number of non-ortho nitro benzene ring substituents is 1. The molecule has 0 aliphatic carbocycles. The molecular weight excluding hydrogens is 358 g/mol. The first-order valence-corrected chi connectivity index (χ1v) is 9.01. The average Bonchev–Trinajstić information content (AvgIpc) is 2.71. The van der Waals surface area contributed by atoms with Crippen LogP contribution < -0.4 is 9.47 Å². The van der Waals surface area contributed by atoms with Crippen molar-refractivity contribution in [3.05, 3.63) is 82.4 Å². The van der Waals surface area contributed by atoms with Crippen molar-refractivity contribution in [2.45, 2.75) is 26.2 Å². The van der Waals surface area contributed by atoms with Crippen LogP contribution >= 0.6 is 0 Å². The van der Waals surface area contributed by atoms with Crippen LogP contribution in [-0.2, 0) is 4.79 Å². The smallest absolute Gasteiger partial charge is 0.336 e. The van der Waals surface area contributed by atoms with Crippen molar-refractivity contribution in [3.8, 4) is 11.5 Å². The van der Waals surface area contributed by atoms with Gasteiger partial charge in [0.2, 0.25) is 0 Å². The molecule has 6 nitrogen and oxygen atoms in total. The van der Waals surface area contributed by atoms with Gasteiger partial charge in [0.25, 0.3) is 5.69 Å². The van der Waals surface area contributed by atoms with Crippen LogP contribution in [0.25, 0.3) is 5.57 Å². The van der Waals surface area contributed by atoms with Gasteiger partial charge in [0.05, 0.1) is 12.0 Å². The molecule has 0 saturated heterocycles. The molecule has 0 amide bonds. The van der Waals surface area contributed by atoms with Crippen molar-refractivity contribution in [2.75, 3.05) is 7.11 Å². The minimum atomic E-state index is -0.547. The highest BCUT2D eigenvalue weighted by Gasteiger charge is 2.06. The Morgan fingerprint density at radius 1 is 1.07 bits per heavy atom. The number of nitro benzene ring substituents is 1. The van der Waals surface area contributed by atoms with Gasteiger partial charge in [-0.2, -0.15) is 0 Å². The van der Waals surface area contributed by atoms with Gasteiger partial charge in [-0.05, 0) is 48.2 Å². The summed E-state index contributed by atoms with van der Waals surface area (Å²) in [6.45, 7) is 2.13. The first-order chi connectivity index (χ1) is 13.5. The molecule has 0 spiro atoms. The zero-order valence-electron chi connectivity index (χ0n) is 16.0. The Labute approximate surface area is 164 Å². The molecule has 0 heterocycles. The molecule has 2 rings (SSSR count). The predicted molar refractivity (Wildman–Crippen MR) is 108 cm³/mol. The predicted octanol–water partition coefficient (Wildman–Crippen LogP) is 5.34. The fourth-order valence-electron chi connectivity index (χ4n) is 2.53. The zero-order valence-corrected chi connectivity index (χ0v) is 16.0. The van der Waals surface area contributed by atoms with Crippen molar-refractivity contribution >= 4 is 17.2 Å². The van der Waals surface area contributed by atoms with E-state index in [1.54, 1.807) is 13.2 Å². The standard InChI is InChI=1S/C22H23NO5/c1-3-4-6-17(18-9-13-20(27-2)14-10-18)7-5-8-22(24)28-21-15-11-19(12-16-21)23(25)26/h5,7-16H,3-4,6H2,1-2H3/b8-5+,17-7+. The van der Waals surface area contributed by atoms with Gasteiger partial charge >= 0.3 is 5.97 Å². The molecule has 0 aliphatic rings. The number of ether oxygens (including phenoxy) is 2. The molecule has 0 atom stereocenters. The summed E-state index contributed by atoms with van der Waals surface area (Å²) in [6, 6.07) is 13.2. The van der Waals surface area contributed by atoms with Gasteiger partial charge < -0.3 is 9.47 Å². The van der Waals surface area contributed by atoms with Crippen LogP contribution in [0.5, 0.6) is 11.5 Å². The molecular formula is C22H23NO5.